The van der Waals surface area contributed by atoms with Crippen molar-refractivity contribution in [3.8, 4) is 0 Å². The Morgan fingerprint density at radius 3 is 1.85 bits per heavy atom. The fraction of sp³-hybridized carbons (Fsp3) is 0.333. The number of carbonyl (C=O) groups excluding carboxylic acids is 1. The third-order valence-corrected chi connectivity index (χ3v) is 9.44. The van der Waals surface area contributed by atoms with Crippen LogP contribution in [0.4, 0.5) is 17.1 Å². The van der Waals surface area contributed by atoms with E-state index in [1.807, 2.05) is 37.4 Å². The summed E-state index contributed by atoms with van der Waals surface area (Å²) < 4.78 is 2.17. The van der Waals surface area contributed by atoms with Crippen LogP contribution in [-0.4, -0.2) is 28.6 Å². The van der Waals surface area contributed by atoms with Crippen molar-refractivity contribution in [1.29, 1.82) is 0 Å². The molecule has 47 heavy (non-hydrogen) atoms. The third kappa shape index (κ3) is 7.26. The Labute approximate surface area is 280 Å². The molecule has 0 aliphatic heterocycles. The van der Waals surface area contributed by atoms with Gasteiger partial charge in [0.25, 0.3) is 5.91 Å². The van der Waals surface area contributed by atoms with Gasteiger partial charge in [-0.2, -0.15) is 0 Å². The number of carbonyl (C=O) groups is 2. The predicted molar refractivity (Wildman–Crippen MR) is 195 cm³/mol. The molecule has 5 aromatic rings. The van der Waals surface area contributed by atoms with Gasteiger partial charge in [0.05, 0.1) is 12.6 Å². The molecule has 5 heteroatoms. The van der Waals surface area contributed by atoms with Crippen molar-refractivity contribution in [2.24, 2.45) is 11.8 Å². The van der Waals surface area contributed by atoms with Gasteiger partial charge in [-0.25, -0.2) is 4.48 Å². The zero-order valence-corrected chi connectivity index (χ0v) is 29.0. The van der Waals surface area contributed by atoms with E-state index in [-0.39, 0.29) is 12.3 Å². The summed E-state index contributed by atoms with van der Waals surface area (Å²) in [5.41, 5.74) is 10.4. The highest BCUT2D eigenvalue weighted by molar-refractivity contribution is 6.04. The van der Waals surface area contributed by atoms with E-state index in [2.05, 4.69) is 102 Å². The Morgan fingerprint density at radius 2 is 1.32 bits per heavy atom. The summed E-state index contributed by atoms with van der Waals surface area (Å²) in [6, 6.07) is 30.1. The molecular formula is C42H49N2O3+. The number of aryl methyl sites for hydroxylation is 2. The van der Waals surface area contributed by atoms with Gasteiger partial charge in [-0.15, -0.1) is 0 Å². The molecule has 0 bridgehead atoms. The van der Waals surface area contributed by atoms with Gasteiger partial charge in [0.2, 0.25) is 0 Å². The summed E-state index contributed by atoms with van der Waals surface area (Å²) in [5.74, 6) is 0.259. The minimum Gasteiger partial charge on any atom is -0.481 e. The van der Waals surface area contributed by atoms with Crippen molar-refractivity contribution in [3.63, 3.8) is 0 Å². The first kappa shape index (κ1) is 33.9. The maximum Gasteiger partial charge on any atom is 0.303 e. The van der Waals surface area contributed by atoms with Crippen molar-refractivity contribution in [1.82, 2.24) is 9.05 Å². The van der Waals surface area contributed by atoms with Crippen LogP contribution in [0.15, 0.2) is 91.1 Å². The molecule has 0 radical (unpaired) electrons. The SMILES string of the molecule is Cc1cc([N+](C)(c2ccc(CC(C)C)cc2)c2ccc(CC(C)C)cc2)cc(C(=O)n2cc(CCCC(=O)O)c3ccccc32)c1C. The Morgan fingerprint density at radius 1 is 0.766 bits per heavy atom. The largest absolute Gasteiger partial charge is 0.481 e. The molecule has 0 unspecified atom stereocenters. The number of hydrogen-bond acceptors (Lipinski definition) is 2. The molecule has 1 N–H and O–H groups in total. The van der Waals surface area contributed by atoms with Crippen LogP contribution in [0.25, 0.3) is 10.9 Å². The lowest BCUT2D eigenvalue weighted by Crippen LogP contribution is -2.34. The molecule has 0 aliphatic rings. The number of rotatable bonds is 12. The minimum atomic E-state index is -0.807. The first-order valence-electron chi connectivity index (χ1n) is 16.9. The van der Waals surface area contributed by atoms with Gasteiger partial charge in [-0.3, -0.25) is 14.2 Å². The van der Waals surface area contributed by atoms with Crippen molar-refractivity contribution < 1.29 is 14.7 Å². The summed E-state index contributed by atoms with van der Waals surface area (Å²) in [4.78, 5) is 25.7. The molecule has 1 aromatic heterocycles. The lowest BCUT2D eigenvalue weighted by molar-refractivity contribution is -0.137. The number of fused-ring (bicyclic) bond motifs is 1. The molecule has 5 nitrogen and oxygen atoms in total. The summed E-state index contributed by atoms with van der Waals surface area (Å²) in [6.07, 6.45) is 5.18. The molecular weight excluding hydrogens is 580 g/mol. The van der Waals surface area contributed by atoms with E-state index in [1.54, 1.807) is 4.57 Å². The van der Waals surface area contributed by atoms with Crippen LogP contribution in [0.1, 0.15) is 78.7 Å². The zero-order valence-electron chi connectivity index (χ0n) is 29.0. The third-order valence-electron chi connectivity index (χ3n) is 9.44. The second-order valence-electron chi connectivity index (χ2n) is 14.1. The number of hydrogen-bond donors (Lipinski definition) is 1. The number of aliphatic carboxylic acids is 1. The number of nitrogens with zero attached hydrogens (tertiary/aromatic N) is 2. The predicted octanol–water partition coefficient (Wildman–Crippen LogP) is 10.4. The number of para-hydroxylation sites is 1. The second-order valence-corrected chi connectivity index (χ2v) is 14.1. The summed E-state index contributed by atoms with van der Waals surface area (Å²) in [7, 11) is 2.22. The van der Waals surface area contributed by atoms with Gasteiger partial charge in [-0.05, 0) is 85.3 Å². The van der Waals surface area contributed by atoms with E-state index >= 15 is 0 Å². The lowest BCUT2D eigenvalue weighted by Gasteiger charge is -2.34. The fourth-order valence-electron chi connectivity index (χ4n) is 6.75. The van der Waals surface area contributed by atoms with Crippen LogP contribution < -0.4 is 4.48 Å². The van der Waals surface area contributed by atoms with Gasteiger partial charge < -0.3 is 5.11 Å². The van der Waals surface area contributed by atoms with Gasteiger partial charge in [0.15, 0.2) is 0 Å². The summed E-state index contributed by atoms with van der Waals surface area (Å²) >= 11 is 0. The molecule has 0 fully saturated rings. The molecule has 4 aromatic carbocycles. The van der Waals surface area contributed by atoms with Gasteiger partial charge in [0.1, 0.15) is 17.1 Å². The highest BCUT2D eigenvalue weighted by Gasteiger charge is 2.33. The Balaban J connectivity index is 1.64. The molecule has 1 heterocycles. The Hall–Kier alpha value is -4.48. The highest BCUT2D eigenvalue weighted by atomic mass is 16.4. The van der Waals surface area contributed by atoms with Crippen LogP contribution in [0.3, 0.4) is 0 Å². The molecule has 0 saturated heterocycles. The molecule has 0 saturated carbocycles. The smallest absolute Gasteiger partial charge is 0.303 e. The number of quaternary nitrogens is 1. The van der Waals surface area contributed by atoms with Gasteiger partial charge in [0, 0.05) is 60.0 Å². The number of carboxylic acids is 1. The van der Waals surface area contributed by atoms with Crippen LogP contribution in [0, 0.1) is 25.7 Å². The topological polar surface area (TPSA) is 59.3 Å². The quantitative estimate of drug-likeness (QED) is 0.140. The number of benzene rings is 4. The molecule has 244 valence electrons. The molecule has 5 rings (SSSR count). The first-order chi connectivity index (χ1) is 22.4. The average Bonchev–Trinajstić information content (AvgIpc) is 3.40. The normalized spacial score (nSPS) is 11.9. The van der Waals surface area contributed by atoms with Gasteiger partial charge in [-0.1, -0.05) is 70.2 Å². The van der Waals surface area contributed by atoms with Crippen molar-refractivity contribution in [2.45, 2.75) is 73.6 Å². The molecule has 0 amide bonds. The average molecular weight is 630 g/mol. The van der Waals surface area contributed by atoms with Crippen LogP contribution in [0.5, 0.6) is 0 Å². The minimum absolute atomic E-state index is 0.0840. The van der Waals surface area contributed by atoms with E-state index in [1.165, 1.54) is 11.1 Å². The van der Waals surface area contributed by atoms with E-state index < -0.39 is 5.97 Å². The monoisotopic (exact) mass is 629 g/mol. The van der Waals surface area contributed by atoms with Crippen LogP contribution >= 0.6 is 0 Å². The lowest BCUT2D eigenvalue weighted by atomic mass is 9.97. The van der Waals surface area contributed by atoms with E-state index in [4.69, 9.17) is 0 Å². The highest BCUT2D eigenvalue weighted by Crippen LogP contribution is 2.44. The maximum atomic E-state index is 14.5. The number of aromatic nitrogens is 1. The van der Waals surface area contributed by atoms with Crippen molar-refractivity contribution >= 4 is 39.8 Å². The first-order valence-corrected chi connectivity index (χ1v) is 16.9. The standard InChI is InChI=1S/C42H48N2O3/c1-28(2)23-32-15-19-35(20-16-32)44(7,36-21-17-33(18-22-36)24-29(3)4)37-25-30(5)31(6)39(26-37)42(47)43-27-34(11-10-14-41(45)46)38-12-8-9-13-40(38)43/h8-9,12-13,15-22,25-29H,10-11,14,23-24H2,1-7H3/p+1. The van der Waals surface area contributed by atoms with Crippen molar-refractivity contribution in [3.05, 3.63) is 125 Å². The van der Waals surface area contributed by atoms with Crippen molar-refractivity contribution in [2.75, 3.05) is 7.05 Å². The Kier molecular flexibility index (Phi) is 10.2. The van der Waals surface area contributed by atoms with Crippen LogP contribution in [0.2, 0.25) is 0 Å². The van der Waals surface area contributed by atoms with E-state index in [9.17, 15) is 14.7 Å². The summed E-state index contributed by atoms with van der Waals surface area (Å²) in [6.45, 7) is 13.1. The zero-order chi connectivity index (χ0) is 33.9. The number of carboxylic acid groups (broad SMARTS) is 1. The Bertz CT molecular complexity index is 1820. The van der Waals surface area contributed by atoms with E-state index in [0.717, 1.165) is 57.5 Å². The van der Waals surface area contributed by atoms with Crippen LogP contribution in [-0.2, 0) is 24.1 Å². The molecule has 0 atom stereocenters. The fourth-order valence-corrected chi connectivity index (χ4v) is 6.75. The maximum absolute atomic E-state index is 14.5. The second kappa shape index (κ2) is 14.1. The molecule has 0 aliphatic carbocycles. The molecule has 0 spiro atoms. The summed E-state index contributed by atoms with van der Waals surface area (Å²) in [5, 5.41) is 10.2. The van der Waals surface area contributed by atoms with Gasteiger partial charge >= 0.3 is 5.97 Å². The van der Waals surface area contributed by atoms with E-state index in [0.29, 0.717) is 34.7 Å².